The van der Waals surface area contributed by atoms with Crippen LogP contribution in [-0.4, -0.2) is 24.8 Å². The predicted molar refractivity (Wildman–Crippen MR) is 102 cm³/mol. The average Bonchev–Trinajstić information content (AvgIpc) is 2.57. The van der Waals surface area contributed by atoms with Gasteiger partial charge in [-0.25, -0.2) is 0 Å². The maximum Gasteiger partial charge on any atom is 0.306 e. The SMILES string of the molecule is CCCCCCCC/C=C\CCCCCCC(CCOC)C(=O)O. The summed E-state index contributed by atoms with van der Waals surface area (Å²) in [5.41, 5.74) is 0. The van der Waals surface area contributed by atoms with Crippen LogP contribution in [0.3, 0.4) is 0 Å². The van der Waals surface area contributed by atoms with Gasteiger partial charge in [0, 0.05) is 13.7 Å². The van der Waals surface area contributed by atoms with Gasteiger partial charge in [0.05, 0.1) is 5.92 Å². The molecule has 0 heterocycles. The van der Waals surface area contributed by atoms with Crippen LogP contribution in [0.15, 0.2) is 12.2 Å². The molecule has 0 aliphatic rings. The first-order chi connectivity index (χ1) is 11.7. The summed E-state index contributed by atoms with van der Waals surface area (Å²) in [6, 6.07) is 0. The molecule has 0 rings (SSSR count). The molecule has 3 nitrogen and oxygen atoms in total. The van der Waals surface area contributed by atoms with Gasteiger partial charge in [-0.15, -0.1) is 0 Å². The molecule has 0 aromatic carbocycles. The Hall–Kier alpha value is -0.830. The molecule has 1 unspecified atom stereocenters. The van der Waals surface area contributed by atoms with Crippen molar-refractivity contribution >= 4 is 5.97 Å². The van der Waals surface area contributed by atoms with Crippen LogP contribution >= 0.6 is 0 Å². The van der Waals surface area contributed by atoms with Crippen LogP contribution < -0.4 is 0 Å². The molecule has 0 aliphatic carbocycles. The molecule has 0 radical (unpaired) electrons. The van der Waals surface area contributed by atoms with Crippen molar-refractivity contribution in [3.63, 3.8) is 0 Å². The minimum absolute atomic E-state index is 0.234. The summed E-state index contributed by atoms with van der Waals surface area (Å²) in [7, 11) is 1.62. The van der Waals surface area contributed by atoms with Gasteiger partial charge in [-0.3, -0.25) is 4.79 Å². The second kappa shape index (κ2) is 18.5. The van der Waals surface area contributed by atoms with Gasteiger partial charge in [-0.2, -0.15) is 0 Å². The zero-order chi connectivity index (χ0) is 17.9. The van der Waals surface area contributed by atoms with Crippen LogP contribution in [0, 0.1) is 5.92 Å². The van der Waals surface area contributed by atoms with E-state index in [0.29, 0.717) is 13.0 Å². The summed E-state index contributed by atoms with van der Waals surface area (Å²) in [6.07, 6.45) is 21.3. The van der Waals surface area contributed by atoms with Crippen molar-refractivity contribution in [2.24, 2.45) is 5.92 Å². The van der Waals surface area contributed by atoms with Crippen molar-refractivity contribution in [3.8, 4) is 0 Å². The monoisotopic (exact) mass is 340 g/mol. The lowest BCUT2D eigenvalue weighted by Gasteiger charge is -2.11. The third-order valence-corrected chi connectivity index (χ3v) is 4.58. The van der Waals surface area contributed by atoms with E-state index in [1.54, 1.807) is 7.11 Å². The second-order valence-corrected chi connectivity index (χ2v) is 6.84. The lowest BCUT2D eigenvalue weighted by atomic mass is 9.97. The topological polar surface area (TPSA) is 46.5 Å². The Morgan fingerprint density at radius 2 is 1.42 bits per heavy atom. The van der Waals surface area contributed by atoms with Gasteiger partial charge in [0.25, 0.3) is 0 Å². The summed E-state index contributed by atoms with van der Waals surface area (Å²) >= 11 is 0. The fourth-order valence-corrected chi connectivity index (χ4v) is 2.94. The molecule has 1 atom stereocenters. The van der Waals surface area contributed by atoms with Gasteiger partial charge in [0.2, 0.25) is 0 Å². The van der Waals surface area contributed by atoms with E-state index in [9.17, 15) is 4.79 Å². The molecule has 142 valence electrons. The molecule has 0 fully saturated rings. The Morgan fingerprint density at radius 1 is 0.875 bits per heavy atom. The highest BCUT2D eigenvalue weighted by Gasteiger charge is 2.16. The minimum atomic E-state index is -0.676. The van der Waals surface area contributed by atoms with Gasteiger partial charge in [0.15, 0.2) is 0 Å². The number of unbranched alkanes of at least 4 members (excludes halogenated alkanes) is 10. The Morgan fingerprint density at radius 3 is 1.96 bits per heavy atom. The molecule has 0 spiro atoms. The molecule has 0 aliphatic heterocycles. The molecule has 0 aromatic heterocycles. The standard InChI is InChI=1S/C21H40O3/c1-3-4-5-6-7-8-9-10-11-12-13-14-15-16-17-20(21(22)23)18-19-24-2/h10-11,20H,3-9,12-19H2,1-2H3,(H,22,23)/b11-10-. The molecular weight excluding hydrogens is 300 g/mol. The number of methoxy groups -OCH3 is 1. The number of hydrogen-bond acceptors (Lipinski definition) is 2. The van der Waals surface area contributed by atoms with Crippen LogP contribution in [0.4, 0.5) is 0 Å². The summed E-state index contributed by atoms with van der Waals surface area (Å²) < 4.78 is 4.98. The van der Waals surface area contributed by atoms with Crippen LogP contribution in [-0.2, 0) is 9.53 Å². The van der Waals surface area contributed by atoms with Crippen molar-refractivity contribution in [2.45, 2.75) is 96.8 Å². The highest BCUT2D eigenvalue weighted by atomic mass is 16.5. The maximum absolute atomic E-state index is 11.1. The highest BCUT2D eigenvalue weighted by Crippen LogP contribution is 2.15. The molecule has 0 saturated carbocycles. The Balaban J connectivity index is 3.37. The second-order valence-electron chi connectivity index (χ2n) is 6.84. The van der Waals surface area contributed by atoms with Gasteiger partial charge < -0.3 is 9.84 Å². The van der Waals surface area contributed by atoms with Crippen molar-refractivity contribution in [1.29, 1.82) is 0 Å². The van der Waals surface area contributed by atoms with Gasteiger partial charge >= 0.3 is 5.97 Å². The zero-order valence-electron chi connectivity index (χ0n) is 16.1. The fraction of sp³-hybridized carbons (Fsp3) is 0.857. The molecule has 0 saturated heterocycles. The first kappa shape index (κ1) is 23.2. The number of carbonyl (C=O) groups is 1. The van der Waals surface area contributed by atoms with E-state index in [1.807, 2.05) is 0 Å². The average molecular weight is 341 g/mol. The summed E-state index contributed by atoms with van der Waals surface area (Å²) in [5.74, 6) is -0.910. The smallest absolute Gasteiger partial charge is 0.306 e. The highest BCUT2D eigenvalue weighted by molar-refractivity contribution is 5.69. The van der Waals surface area contributed by atoms with E-state index in [4.69, 9.17) is 9.84 Å². The largest absolute Gasteiger partial charge is 0.481 e. The number of hydrogen-bond donors (Lipinski definition) is 1. The predicted octanol–water partition coefficient (Wildman–Crippen LogP) is 6.37. The first-order valence-electron chi connectivity index (χ1n) is 10.1. The fourth-order valence-electron chi connectivity index (χ4n) is 2.94. The molecule has 24 heavy (non-hydrogen) atoms. The number of carboxylic acid groups (broad SMARTS) is 1. The molecule has 0 aromatic rings. The molecular formula is C21H40O3. The summed E-state index contributed by atoms with van der Waals surface area (Å²) in [4.78, 5) is 11.1. The quantitative estimate of drug-likeness (QED) is 0.233. The third-order valence-electron chi connectivity index (χ3n) is 4.58. The normalized spacial score (nSPS) is 12.8. The summed E-state index contributed by atoms with van der Waals surface area (Å²) in [6.45, 7) is 2.80. The number of ether oxygens (including phenoxy) is 1. The van der Waals surface area contributed by atoms with E-state index in [0.717, 1.165) is 19.3 Å². The van der Waals surface area contributed by atoms with Crippen molar-refractivity contribution < 1.29 is 14.6 Å². The van der Waals surface area contributed by atoms with Crippen LogP contribution in [0.1, 0.15) is 96.8 Å². The third kappa shape index (κ3) is 16.0. The number of carboxylic acids is 1. The Kier molecular flexibility index (Phi) is 17.9. The van der Waals surface area contributed by atoms with Crippen molar-refractivity contribution in [3.05, 3.63) is 12.2 Å². The lowest BCUT2D eigenvalue weighted by Crippen LogP contribution is -2.15. The lowest BCUT2D eigenvalue weighted by molar-refractivity contribution is -0.142. The van der Waals surface area contributed by atoms with Crippen molar-refractivity contribution in [2.75, 3.05) is 13.7 Å². The van der Waals surface area contributed by atoms with E-state index >= 15 is 0 Å². The van der Waals surface area contributed by atoms with Crippen molar-refractivity contribution in [1.82, 2.24) is 0 Å². The molecule has 0 bridgehead atoms. The van der Waals surface area contributed by atoms with E-state index in [2.05, 4.69) is 19.1 Å². The first-order valence-corrected chi connectivity index (χ1v) is 10.1. The van der Waals surface area contributed by atoms with Gasteiger partial charge in [-0.1, -0.05) is 70.4 Å². The Bertz CT molecular complexity index is 299. The minimum Gasteiger partial charge on any atom is -0.481 e. The maximum atomic E-state index is 11.1. The number of aliphatic carboxylic acids is 1. The van der Waals surface area contributed by atoms with E-state index in [1.165, 1.54) is 64.2 Å². The molecule has 1 N–H and O–H groups in total. The van der Waals surface area contributed by atoms with E-state index in [-0.39, 0.29) is 5.92 Å². The zero-order valence-corrected chi connectivity index (χ0v) is 16.1. The van der Waals surface area contributed by atoms with Crippen LogP contribution in [0.2, 0.25) is 0 Å². The van der Waals surface area contributed by atoms with Crippen LogP contribution in [0.25, 0.3) is 0 Å². The number of rotatable bonds is 18. The Labute approximate surface area is 149 Å². The molecule has 0 amide bonds. The van der Waals surface area contributed by atoms with Gasteiger partial charge in [-0.05, 0) is 38.5 Å². The number of allylic oxidation sites excluding steroid dienone is 2. The molecule has 3 heteroatoms. The van der Waals surface area contributed by atoms with E-state index < -0.39 is 5.97 Å². The summed E-state index contributed by atoms with van der Waals surface area (Å²) in [5, 5.41) is 9.14. The van der Waals surface area contributed by atoms with Crippen LogP contribution in [0.5, 0.6) is 0 Å². The van der Waals surface area contributed by atoms with Gasteiger partial charge in [0.1, 0.15) is 0 Å².